The maximum Gasteiger partial charge on any atom is 0.119 e. The molecule has 0 heterocycles. The molecule has 0 atom stereocenters. The minimum atomic E-state index is 0.724. The summed E-state index contributed by atoms with van der Waals surface area (Å²) in [6.07, 6.45) is 2.20. The van der Waals surface area contributed by atoms with Crippen molar-refractivity contribution in [1.82, 2.24) is 4.90 Å². The maximum atomic E-state index is 5.64. The first kappa shape index (κ1) is 13.8. The molecule has 1 aromatic carbocycles. The van der Waals surface area contributed by atoms with Gasteiger partial charge in [0.25, 0.3) is 0 Å². The van der Waals surface area contributed by atoms with Gasteiger partial charge in [0.1, 0.15) is 12.4 Å². The van der Waals surface area contributed by atoms with E-state index in [1.54, 1.807) is 0 Å². The third-order valence-electron chi connectivity index (χ3n) is 2.62. The van der Waals surface area contributed by atoms with Gasteiger partial charge in [0.15, 0.2) is 0 Å². The zero-order chi connectivity index (χ0) is 12.7. The van der Waals surface area contributed by atoms with E-state index in [1.807, 2.05) is 26.2 Å². The molecule has 1 rings (SSSR count). The van der Waals surface area contributed by atoms with E-state index in [0.717, 1.165) is 31.7 Å². The van der Waals surface area contributed by atoms with Crippen molar-refractivity contribution in [2.24, 2.45) is 0 Å². The summed E-state index contributed by atoms with van der Waals surface area (Å²) in [4.78, 5) is 2.11. The van der Waals surface area contributed by atoms with Crippen LogP contribution < -0.4 is 4.74 Å². The van der Waals surface area contributed by atoms with Gasteiger partial charge in [-0.2, -0.15) is 0 Å². The van der Waals surface area contributed by atoms with Crippen molar-refractivity contribution in [1.29, 1.82) is 0 Å². The number of benzene rings is 1. The van der Waals surface area contributed by atoms with Crippen molar-refractivity contribution >= 4 is 5.57 Å². The quantitative estimate of drug-likeness (QED) is 0.715. The highest BCUT2D eigenvalue weighted by molar-refractivity contribution is 5.63. The first-order valence-electron chi connectivity index (χ1n) is 6.19. The Morgan fingerprint density at radius 3 is 2.41 bits per heavy atom. The number of allylic oxidation sites excluding steroid dienone is 1. The van der Waals surface area contributed by atoms with Gasteiger partial charge in [-0.3, -0.25) is 0 Å². The Morgan fingerprint density at radius 1 is 1.24 bits per heavy atom. The minimum absolute atomic E-state index is 0.724. The van der Waals surface area contributed by atoms with Crippen molar-refractivity contribution in [3.05, 3.63) is 36.4 Å². The molecule has 0 fully saturated rings. The highest BCUT2D eigenvalue weighted by Crippen LogP contribution is 2.20. The number of hydrogen-bond acceptors (Lipinski definition) is 2. The van der Waals surface area contributed by atoms with E-state index < -0.39 is 0 Å². The normalized spacial score (nSPS) is 10.6. The van der Waals surface area contributed by atoms with Gasteiger partial charge in [-0.05, 0) is 43.8 Å². The minimum Gasteiger partial charge on any atom is -0.492 e. The highest BCUT2D eigenvalue weighted by Gasteiger charge is 1.99. The molecule has 0 bridgehead atoms. The molecule has 0 spiro atoms. The summed E-state index contributed by atoms with van der Waals surface area (Å²) in [7, 11) is 4.09. The molecule has 0 aromatic heterocycles. The van der Waals surface area contributed by atoms with E-state index in [2.05, 4.69) is 30.5 Å². The number of nitrogens with zero attached hydrogens (tertiary/aromatic N) is 1. The van der Waals surface area contributed by atoms with Crippen LogP contribution >= 0.6 is 0 Å². The van der Waals surface area contributed by atoms with Gasteiger partial charge in [0, 0.05) is 6.54 Å². The zero-order valence-electron chi connectivity index (χ0n) is 11.2. The lowest BCUT2D eigenvalue weighted by molar-refractivity contribution is 0.261. The fraction of sp³-hybridized carbons (Fsp3) is 0.467. The first-order valence-corrected chi connectivity index (χ1v) is 6.19. The Kier molecular flexibility index (Phi) is 5.78. The second-order valence-corrected chi connectivity index (χ2v) is 4.53. The predicted molar refractivity (Wildman–Crippen MR) is 74.4 cm³/mol. The Hall–Kier alpha value is -1.28. The van der Waals surface area contributed by atoms with Gasteiger partial charge in [-0.15, -0.1) is 0 Å². The summed E-state index contributed by atoms with van der Waals surface area (Å²) in [5.41, 5.74) is 2.42. The third-order valence-corrected chi connectivity index (χ3v) is 2.62. The van der Waals surface area contributed by atoms with Crippen LogP contribution in [0.3, 0.4) is 0 Å². The van der Waals surface area contributed by atoms with Crippen LogP contribution in [0.5, 0.6) is 5.75 Å². The molecule has 0 aliphatic rings. The predicted octanol–water partition coefficient (Wildman–Crippen LogP) is 3.44. The lowest BCUT2D eigenvalue weighted by Crippen LogP contribution is -2.19. The maximum absolute atomic E-state index is 5.64. The van der Waals surface area contributed by atoms with Crippen molar-refractivity contribution < 1.29 is 4.74 Å². The van der Waals surface area contributed by atoms with Gasteiger partial charge in [-0.25, -0.2) is 0 Å². The number of likely N-dealkylation sites (N-methyl/N-ethyl adjacent to an activating group) is 1. The van der Waals surface area contributed by atoms with Gasteiger partial charge >= 0.3 is 0 Å². The van der Waals surface area contributed by atoms with E-state index in [0.29, 0.717) is 0 Å². The lowest BCUT2D eigenvalue weighted by Gasteiger charge is -2.11. The van der Waals surface area contributed by atoms with E-state index in [1.165, 1.54) is 11.1 Å². The Labute approximate surface area is 105 Å². The monoisotopic (exact) mass is 233 g/mol. The molecule has 0 N–H and O–H groups in total. The number of rotatable bonds is 7. The SMILES string of the molecule is C=C(CCC)c1ccc(OCCN(C)C)cc1. The van der Waals surface area contributed by atoms with Crippen molar-refractivity contribution in [3.8, 4) is 5.75 Å². The molecular weight excluding hydrogens is 210 g/mol. The topological polar surface area (TPSA) is 12.5 Å². The molecule has 0 aliphatic carbocycles. The number of ether oxygens (including phenoxy) is 1. The summed E-state index contributed by atoms with van der Waals surface area (Å²) in [5.74, 6) is 0.930. The molecule has 0 unspecified atom stereocenters. The van der Waals surface area contributed by atoms with E-state index in [4.69, 9.17) is 4.74 Å². The Morgan fingerprint density at radius 2 is 1.88 bits per heavy atom. The van der Waals surface area contributed by atoms with Crippen molar-refractivity contribution in [2.75, 3.05) is 27.2 Å². The fourth-order valence-corrected chi connectivity index (χ4v) is 1.58. The van der Waals surface area contributed by atoms with Crippen LogP contribution in [0.25, 0.3) is 5.57 Å². The largest absolute Gasteiger partial charge is 0.492 e. The fourth-order valence-electron chi connectivity index (χ4n) is 1.58. The Bertz CT molecular complexity index is 340. The second-order valence-electron chi connectivity index (χ2n) is 4.53. The third kappa shape index (κ3) is 5.05. The summed E-state index contributed by atoms with van der Waals surface area (Å²) in [6, 6.07) is 8.21. The molecule has 1 aromatic rings. The van der Waals surface area contributed by atoms with Crippen molar-refractivity contribution in [3.63, 3.8) is 0 Å². The van der Waals surface area contributed by atoms with Gasteiger partial charge in [0.2, 0.25) is 0 Å². The van der Waals surface area contributed by atoms with Crippen LogP contribution in [0.15, 0.2) is 30.8 Å². The van der Waals surface area contributed by atoms with Crippen molar-refractivity contribution in [2.45, 2.75) is 19.8 Å². The molecular formula is C15H23NO. The molecule has 17 heavy (non-hydrogen) atoms. The van der Waals surface area contributed by atoms with Gasteiger partial charge in [0.05, 0.1) is 0 Å². The van der Waals surface area contributed by atoms with Gasteiger partial charge in [-0.1, -0.05) is 32.1 Å². The van der Waals surface area contributed by atoms with Crippen LogP contribution in [-0.2, 0) is 0 Å². The first-order chi connectivity index (χ1) is 8.13. The molecule has 0 radical (unpaired) electrons. The lowest BCUT2D eigenvalue weighted by atomic mass is 10.0. The molecule has 0 saturated carbocycles. The van der Waals surface area contributed by atoms with E-state index in [-0.39, 0.29) is 0 Å². The zero-order valence-corrected chi connectivity index (χ0v) is 11.2. The summed E-state index contributed by atoms with van der Waals surface area (Å²) >= 11 is 0. The molecule has 94 valence electrons. The van der Waals surface area contributed by atoms with E-state index in [9.17, 15) is 0 Å². The van der Waals surface area contributed by atoms with Gasteiger partial charge < -0.3 is 9.64 Å². The average Bonchev–Trinajstić information content (AvgIpc) is 2.30. The van der Waals surface area contributed by atoms with Crippen LogP contribution in [0.4, 0.5) is 0 Å². The van der Waals surface area contributed by atoms with E-state index >= 15 is 0 Å². The standard InChI is InChI=1S/C15H23NO/c1-5-6-13(2)14-7-9-15(10-8-14)17-12-11-16(3)4/h7-10H,2,5-6,11-12H2,1,3-4H3. The van der Waals surface area contributed by atoms with Crippen LogP contribution in [0.1, 0.15) is 25.3 Å². The summed E-state index contributed by atoms with van der Waals surface area (Å²) < 4.78 is 5.64. The second kappa shape index (κ2) is 7.13. The molecule has 2 nitrogen and oxygen atoms in total. The molecule has 0 amide bonds. The molecule has 0 aliphatic heterocycles. The Balaban J connectivity index is 2.47. The van der Waals surface area contributed by atoms with Crippen LogP contribution in [0.2, 0.25) is 0 Å². The van der Waals surface area contributed by atoms with Crippen LogP contribution in [0, 0.1) is 0 Å². The smallest absolute Gasteiger partial charge is 0.119 e. The summed E-state index contributed by atoms with van der Waals surface area (Å²) in [5, 5.41) is 0. The number of hydrogen-bond donors (Lipinski definition) is 0. The van der Waals surface area contributed by atoms with Crippen LogP contribution in [-0.4, -0.2) is 32.1 Å². The molecule has 0 saturated heterocycles. The summed E-state index contributed by atoms with van der Waals surface area (Å²) in [6.45, 7) is 7.91. The molecule has 2 heteroatoms. The highest BCUT2D eigenvalue weighted by atomic mass is 16.5. The average molecular weight is 233 g/mol.